The van der Waals surface area contributed by atoms with E-state index in [1.54, 1.807) is 23.1 Å². The van der Waals surface area contributed by atoms with Crippen LogP contribution < -0.4 is 5.32 Å². The van der Waals surface area contributed by atoms with Gasteiger partial charge in [-0.15, -0.1) is 0 Å². The molecule has 1 fully saturated rings. The number of likely N-dealkylation sites (tertiary alicyclic amines) is 1. The van der Waals surface area contributed by atoms with E-state index in [2.05, 4.69) is 5.32 Å². The lowest BCUT2D eigenvalue weighted by Gasteiger charge is -2.38. The second kappa shape index (κ2) is 6.74. The number of hydrogen-bond donors (Lipinski definition) is 2. The van der Waals surface area contributed by atoms with Crippen molar-refractivity contribution in [3.05, 3.63) is 30.1 Å². The van der Waals surface area contributed by atoms with Gasteiger partial charge in [-0.2, -0.15) is 0 Å². The van der Waals surface area contributed by atoms with Gasteiger partial charge in [0.15, 0.2) is 0 Å². The first-order valence-electron chi connectivity index (χ1n) is 7.87. The predicted octanol–water partition coefficient (Wildman–Crippen LogP) is 3.00. The number of piperidine rings is 1. The quantitative estimate of drug-likeness (QED) is 0.897. The molecule has 128 valence electrons. The van der Waals surface area contributed by atoms with E-state index in [-0.39, 0.29) is 18.5 Å². The molecule has 0 aromatic heterocycles. The van der Waals surface area contributed by atoms with Crippen molar-refractivity contribution in [2.45, 2.75) is 44.8 Å². The molecule has 1 amide bonds. The maximum atomic E-state index is 13.6. The molecule has 1 aliphatic rings. The van der Waals surface area contributed by atoms with E-state index in [4.69, 9.17) is 4.74 Å². The van der Waals surface area contributed by atoms with Gasteiger partial charge in [0.2, 0.25) is 0 Å². The summed E-state index contributed by atoms with van der Waals surface area (Å²) in [6.45, 7) is 6.56. The normalized spacial score (nSPS) is 17.7. The Morgan fingerprint density at radius 3 is 2.52 bits per heavy atom. The van der Waals surface area contributed by atoms with Crippen LogP contribution in [0.2, 0.25) is 0 Å². The number of nitrogens with zero attached hydrogens (tertiary/aromatic N) is 1. The molecular weight excluding hydrogens is 299 g/mol. The van der Waals surface area contributed by atoms with Crippen LogP contribution in [0, 0.1) is 5.82 Å². The molecule has 1 saturated heterocycles. The van der Waals surface area contributed by atoms with Crippen LogP contribution in [0.15, 0.2) is 24.3 Å². The number of nitrogens with one attached hydrogen (secondary N) is 1. The Labute approximate surface area is 136 Å². The molecule has 2 N–H and O–H groups in total. The average Bonchev–Trinajstić information content (AvgIpc) is 2.45. The van der Waals surface area contributed by atoms with Gasteiger partial charge in [-0.1, -0.05) is 12.1 Å². The number of rotatable bonds is 3. The third kappa shape index (κ3) is 5.10. The smallest absolute Gasteiger partial charge is 0.410 e. The number of aliphatic hydroxyl groups is 1. The van der Waals surface area contributed by atoms with E-state index in [1.807, 2.05) is 20.8 Å². The number of halogens is 1. The van der Waals surface area contributed by atoms with Crippen LogP contribution in [-0.4, -0.2) is 46.9 Å². The van der Waals surface area contributed by atoms with Crippen LogP contribution in [0.3, 0.4) is 0 Å². The minimum atomic E-state index is -0.958. The van der Waals surface area contributed by atoms with E-state index in [0.29, 0.717) is 31.6 Å². The minimum absolute atomic E-state index is 0.246. The zero-order chi connectivity index (χ0) is 17.1. The van der Waals surface area contributed by atoms with E-state index in [9.17, 15) is 14.3 Å². The summed E-state index contributed by atoms with van der Waals surface area (Å²) in [5.41, 5.74) is -1.12. The van der Waals surface area contributed by atoms with Gasteiger partial charge in [0, 0.05) is 19.6 Å². The molecule has 1 heterocycles. The molecule has 5 nitrogen and oxygen atoms in total. The Kier molecular flexibility index (Phi) is 5.14. The van der Waals surface area contributed by atoms with Crippen LogP contribution in [0.5, 0.6) is 0 Å². The van der Waals surface area contributed by atoms with Gasteiger partial charge >= 0.3 is 6.09 Å². The minimum Gasteiger partial charge on any atom is -0.444 e. The van der Waals surface area contributed by atoms with Crippen molar-refractivity contribution in [3.8, 4) is 0 Å². The van der Waals surface area contributed by atoms with Gasteiger partial charge < -0.3 is 20.1 Å². The Bertz CT molecular complexity index is 549. The van der Waals surface area contributed by atoms with Crippen molar-refractivity contribution < 1.29 is 19.0 Å². The molecule has 0 saturated carbocycles. The molecule has 1 aromatic rings. The van der Waals surface area contributed by atoms with Gasteiger partial charge in [-0.05, 0) is 45.7 Å². The monoisotopic (exact) mass is 324 g/mol. The molecule has 6 heteroatoms. The number of anilines is 1. The number of ether oxygens (including phenoxy) is 1. The zero-order valence-corrected chi connectivity index (χ0v) is 13.9. The SMILES string of the molecule is CC(C)(C)OC(=O)N1CCC(O)(CNc2ccccc2F)CC1. The molecule has 1 aliphatic heterocycles. The van der Waals surface area contributed by atoms with Crippen molar-refractivity contribution in [2.75, 3.05) is 25.0 Å². The van der Waals surface area contributed by atoms with Crippen LogP contribution in [0.4, 0.5) is 14.9 Å². The number of carbonyl (C=O) groups excluding carboxylic acids is 1. The Balaban J connectivity index is 1.85. The summed E-state index contributed by atoms with van der Waals surface area (Å²) < 4.78 is 18.9. The molecule has 0 bridgehead atoms. The first-order chi connectivity index (χ1) is 10.7. The fraction of sp³-hybridized carbons (Fsp3) is 0.588. The summed E-state index contributed by atoms with van der Waals surface area (Å²) in [7, 11) is 0. The first kappa shape index (κ1) is 17.5. The molecule has 0 spiro atoms. The third-order valence-corrected chi connectivity index (χ3v) is 3.83. The lowest BCUT2D eigenvalue weighted by atomic mass is 9.91. The van der Waals surface area contributed by atoms with E-state index < -0.39 is 11.2 Å². The number of benzene rings is 1. The summed E-state index contributed by atoms with van der Waals surface area (Å²) in [6, 6.07) is 6.36. The lowest BCUT2D eigenvalue weighted by molar-refractivity contribution is -0.0244. The molecule has 2 rings (SSSR count). The Hall–Kier alpha value is -1.82. The molecule has 0 unspecified atom stereocenters. The maximum absolute atomic E-state index is 13.6. The first-order valence-corrected chi connectivity index (χ1v) is 7.87. The zero-order valence-electron chi connectivity index (χ0n) is 13.9. The molecule has 0 atom stereocenters. The highest BCUT2D eigenvalue weighted by Crippen LogP contribution is 2.25. The standard InChI is InChI=1S/C17H25FN2O3/c1-16(2,3)23-15(21)20-10-8-17(22,9-11-20)12-19-14-7-5-4-6-13(14)18/h4-7,19,22H,8-12H2,1-3H3. The Morgan fingerprint density at radius 1 is 1.35 bits per heavy atom. The van der Waals surface area contributed by atoms with Gasteiger partial charge in [0.1, 0.15) is 11.4 Å². The third-order valence-electron chi connectivity index (χ3n) is 3.83. The van der Waals surface area contributed by atoms with Gasteiger partial charge in [0.05, 0.1) is 11.3 Å². The van der Waals surface area contributed by atoms with Crippen LogP contribution >= 0.6 is 0 Å². The van der Waals surface area contributed by atoms with Crippen molar-refractivity contribution in [3.63, 3.8) is 0 Å². The van der Waals surface area contributed by atoms with E-state index >= 15 is 0 Å². The highest BCUT2D eigenvalue weighted by Gasteiger charge is 2.35. The fourth-order valence-corrected chi connectivity index (χ4v) is 2.47. The van der Waals surface area contributed by atoms with E-state index in [1.165, 1.54) is 6.07 Å². The maximum Gasteiger partial charge on any atom is 0.410 e. The van der Waals surface area contributed by atoms with Gasteiger partial charge in [-0.25, -0.2) is 9.18 Å². The average molecular weight is 324 g/mol. The summed E-state index contributed by atoms with van der Waals surface area (Å²) in [5.74, 6) is -0.345. The lowest BCUT2D eigenvalue weighted by Crippen LogP contribution is -2.50. The number of amides is 1. The van der Waals surface area contributed by atoms with Crippen molar-refractivity contribution in [1.29, 1.82) is 0 Å². The van der Waals surface area contributed by atoms with Crippen molar-refractivity contribution in [2.24, 2.45) is 0 Å². The molecule has 0 aliphatic carbocycles. The highest BCUT2D eigenvalue weighted by atomic mass is 19.1. The number of hydrogen-bond acceptors (Lipinski definition) is 4. The second-order valence-electron chi connectivity index (χ2n) is 7.03. The molecule has 0 radical (unpaired) electrons. The van der Waals surface area contributed by atoms with Crippen molar-refractivity contribution in [1.82, 2.24) is 4.90 Å². The van der Waals surface area contributed by atoms with Crippen LogP contribution in [0.1, 0.15) is 33.6 Å². The van der Waals surface area contributed by atoms with Crippen LogP contribution in [-0.2, 0) is 4.74 Å². The van der Waals surface area contributed by atoms with Crippen LogP contribution in [0.25, 0.3) is 0 Å². The highest BCUT2D eigenvalue weighted by molar-refractivity contribution is 5.68. The Morgan fingerprint density at radius 2 is 1.96 bits per heavy atom. The largest absolute Gasteiger partial charge is 0.444 e. The molecular formula is C17H25FN2O3. The van der Waals surface area contributed by atoms with Crippen molar-refractivity contribution >= 4 is 11.8 Å². The molecule has 23 heavy (non-hydrogen) atoms. The summed E-state index contributed by atoms with van der Waals surface area (Å²) in [4.78, 5) is 13.6. The summed E-state index contributed by atoms with van der Waals surface area (Å²) in [5, 5.41) is 13.5. The topological polar surface area (TPSA) is 61.8 Å². The van der Waals surface area contributed by atoms with E-state index in [0.717, 1.165) is 0 Å². The fourth-order valence-electron chi connectivity index (χ4n) is 2.47. The molecule has 1 aromatic carbocycles. The van der Waals surface area contributed by atoms with Gasteiger partial charge in [-0.3, -0.25) is 0 Å². The number of carbonyl (C=O) groups is 1. The second-order valence-corrected chi connectivity index (χ2v) is 7.03. The summed E-state index contributed by atoms with van der Waals surface area (Å²) in [6.07, 6.45) is 0.489. The number of para-hydroxylation sites is 1. The predicted molar refractivity (Wildman–Crippen MR) is 86.9 cm³/mol. The van der Waals surface area contributed by atoms with Gasteiger partial charge in [0.25, 0.3) is 0 Å². The summed E-state index contributed by atoms with van der Waals surface area (Å²) >= 11 is 0.